The highest BCUT2D eigenvalue weighted by Crippen LogP contribution is 2.39. The molecule has 0 radical (unpaired) electrons. The quantitative estimate of drug-likeness (QED) is 0.799. The largest absolute Gasteiger partial charge is 0.493 e. The van der Waals surface area contributed by atoms with Gasteiger partial charge in [0.1, 0.15) is 0 Å². The van der Waals surface area contributed by atoms with Gasteiger partial charge in [-0.25, -0.2) is 0 Å². The van der Waals surface area contributed by atoms with Crippen molar-refractivity contribution in [3.63, 3.8) is 0 Å². The standard InChI is InChI=1S/C15H22BrFN2O2.ClH/c1-20-14-9-11(12(16)10-15(14)21-2)13(3-4-17)19-7-5-18-6-8-19;/h9-10,13,18H,3-8H2,1-2H3;1H/t13-;/m1./s1. The minimum Gasteiger partial charge on any atom is -0.493 e. The van der Waals surface area contributed by atoms with Crippen molar-refractivity contribution in [3.05, 3.63) is 22.2 Å². The summed E-state index contributed by atoms with van der Waals surface area (Å²) in [7, 11) is 3.23. The van der Waals surface area contributed by atoms with Gasteiger partial charge in [0.25, 0.3) is 0 Å². The Morgan fingerprint density at radius 1 is 1.23 bits per heavy atom. The fourth-order valence-electron chi connectivity index (χ4n) is 2.76. The van der Waals surface area contributed by atoms with Gasteiger partial charge < -0.3 is 14.8 Å². The van der Waals surface area contributed by atoms with Crippen LogP contribution >= 0.6 is 28.3 Å². The molecule has 1 N–H and O–H groups in total. The van der Waals surface area contributed by atoms with Gasteiger partial charge in [-0.3, -0.25) is 9.29 Å². The smallest absolute Gasteiger partial charge is 0.161 e. The summed E-state index contributed by atoms with van der Waals surface area (Å²) in [6.45, 7) is 3.38. The first-order valence-electron chi connectivity index (χ1n) is 7.13. The molecule has 0 aliphatic carbocycles. The van der Waals surface area contributed by atoms with Crippen LogP contribution in [0.25, 0.3) is 0 Å². The van der Waals surface area contributed by atoms with E-state index in [1.54, 1.807) is 14.2 Å². The number of rotatable bonds is 6. The van der Waals surface area contributed by atoms with Crippen LogP contribution in [0.5, 0.6) is 11.5 Å². The van der Waals surface area contributed by atoms with Crippen molar-refractivity contribution in [1.29, 1.82) is 0 Å². The van der Waals surface area contributed by atoms with Gasteiger partial charge in [0.2, 0.25) is 0 Å². The first-order valence-corrected chi connectivity index (χ1v) is 7.92. The molecule has 0 unspecified atom stereocenters. The molecule has 0 saturated carbocycles. The number of halogens is 3. The van der Waals surface area contributed by atoms with Gasteiger partial charge in [-0.05, 0) is 24.1 Å². The number of ether oxygens (including phenoxy) is 2. The average Bonchev–Trinajstić information content (AvgIpc) is 2.53. The van der Waals surface area contributed by atoms with Crippen LogP contribution in [0.3, 0.4) is 0 Å². The van der Waals surface area contributed by atoms with Crippen LogP contribution in [0.2, 0.25) is 0 Å². The predicted molar refractivity (Wildman–Crippen MR) is 92.3 cm³/mol. The van der Waals surface area contributed by atoms with E-state index in [1.807, 2.05) is 12.1 Å². The molecule has 1 aliphatic rings. The second-order valence-electron chi connectivity index (χ2n) is 5.01. The van der Waals surface area contributed by atoms with Crippen molar-refractivity contribution in [2.24, 2.45) is 0 Å². The number of nitrogens with one attached hydrogen (secondary N) is 1. The molecule has 0 spiro atoms. The van der Waals surface area contributed by atoms with Crippen molar-refractivity contribution in [2.45, 2.75) is 12.5 Å². The zero-order valence-corrected chi connectivity index (χ0v) is 15.3. The second kappa shape index (κ2) is 9.55. The van der Waals surface area contributed by atoms with Crippen molar-refractivity contribution in [3.8, 4) is 11.5 Å². The van der Waals surface area contributed by atoms with Gasteiger partial charge in [-0.1, -0.05) is 15.9 Å². The van der Waals surface area contributed by atoms with Gasteiger partial charge in [0.15, 0.2) is 11.5 Å². The molecule has 22 heavy (non-hydrogen) atoms. The van der Waals surface area contributed by atoms with E-state index in [1.165, 1.54) is 0 Å². The molecule has 2 rings (SSSR count). The maximum atomic E-state index is 13.0. The summed E-state index contributed by atoms with van der Waals surface area (Å²) in [6, 6.07) is 3.89. The van der Waals surface area contributed by atoms with E-state index in [9.17, 15) is 4.39 Å². The maximum Gasteiger partial charge on any atom is 0.161 e. The highest BCUT2D eigenvalue weighted by atomic mass is 79.9. The topological polar surface area (TPSA) is 33.7 Å². The third kappa shape index (κ3) is 4.47. The number of hydrogen-bond donors (Lipinski definition) is 1. The van der Waals surface area contributed by atoms with Gasteiger partial charge in [-0.2, -0.15) is 0 Å². The van der Waals surface area contributed by atoms with E-state index < -0.39 is 0 Å². The SMILES string of the molecule is COc1cc(Br)c([C@@H](CCF)N2CCNCC2)cc1OC.Cl. The van der Waals surface area contributed by atoms with Gasteiger partial charge in [0, 0.05) is 36.7 Å². The Balaban J connectivity index is 0.00000242. The van der Waals surface area contributed by atoms with E-state index in [4.69, 9.17) is 9.47 Å². The molecule has 126 valence electrons. The van der Waals surface area contributed by atoms with Gasteiger partial charge >= 0.3 is 0 Å². The Hall–Kier alpha value is -0.560. The van der Waals surface area contributed by atoms with E-state index in [2.05, 4.69) is 26.1 Å². The Morgan fingerprint density at radius 2 is 1.82 bits per heavy atom. The molecule has 7 heteroatoms. The minimum atomic E-state index is -0.338. The molecule has 0 aromatic heterocycles. The molecular formula is C15H23BrClFN2O2. The molecule has 1 aromatic rings. The first-order chi connectivity index (χ1) is 10.2. The van der Waals surface area contributed by atoms with Crippen LogP contribution in [0, 0.1) is 0 Å². The molecule has 1 fully saturated rings. The maximum absolute atomic E-state index is 13.0. The fourth-order valence-corrected chi connectivity index (χ4v) is 3.34. The van der Waals surface area contributed by atoms with E-state index in [0.29, 0.717) is 17.9 Å². The second-order valence-corrected chi connectivity index (χ2v) is 5.86. The summed E-state index contributed by atoms with van der Waals surface area (Å²) >= 11 is 3.59. The van der Waals surface area contributed by atoms with Crippen LogP contribution in [-0.2, 0) is 0 Å². The van der Waals surface area contributed by atoms with Crippen LogP contribution in [0.4, 0.5) is 4.39 Å². The highest BCUT2D eigenvalue weighted by Gasteiger charge is 2.25. The zero-order valence-electron chi connectivity index (χ0n) is 12.9. The summed E-state index contributed by atoms with van der Waals surface area (Å²) < 4.78 is 24.6. The van der Waals surface area contributed by atoms with E-state index >= 15 is 0 Å². The third-order valence-corrected chi connectivity index (χ3v) is 4.52. The number of nitrogens with zero attached hydrogens (tertiary/aromatic N) is 1. The number of hydrogen-bond acceptors (Lipinski definition) is 4. The third-order valence-electron chi connectivity index (χ3n) is 3.84. The normalized spacial score (nSPS) is 16.7. The van der Waals surface area contributed by atoms with Crippen molar-refractivity contribution in [2.75, 3.05) is 47.1 Å². The van der Waals surface area contributed by atoms with Gasteiger partial charge in [0.05, 0.1) is 20.9 Å². The Morgan fingerprint density at radius 3 is 2.36 bits per heavy atom. The Bertz CT molecular complexity index is 473. The van der Waals surface area contributed by atoms with E-state index in [-0.39, 0.29) is 25.1 Å². The molecule has 0 bridgehead atoms. The molecule has 1 aliphatic heterocycles. The summed E-state index contributed by atoms with van der Waals surface area (Å²) in [5.41, 5.74) is 1.05. The zero-order chi connectivity index (χ0) is 15.2. The number of alkyl halides is 1. The van der Waals surface area contributed by atoms with Gasteiger partial charge in [-0.15, -0.1) is 12.4 Å². The lowest BCUT2D eigenvalue weighted by molar-refractivity contribution is 0.156. The lowest BCUT2D eigenvalue weighted by Crippen LogP contribution is -2.45. The Labute approximate surface area is 145 Å². The van der Waals surface area contributed by atoms with Crippen LogP contribution < -0.4 is 14.8 Å². The lowest BCUT2D eigenvalue weighted by Gasteiger charge is -2.35. The number of methoxy groups -OCH3 is 2. The van der Waals surface area contributed by atoms with E-state index in [0.717, 1.165) is 36.2 Å². The van der Waals surface area contributed by atoms with Crippen LogP contribution in [0.15, 0.2) is 16.6 Å². The molecular weight excluding hydrogens is 375 g/mol. The predicted octanol–water partition coefficient (Wildman–Crippen LogP) is 3.19. The molecule has 4 nitrogen and oxygen atoms in total. The monoisotopic (exact) mass is 396 g/mol. The average molecular weight is 398 g/mol. The van der Waals surface area contributed by atoms with Crippen molar-refractivity contribution < 1.29 is 13.9 Å². The molecule has 1 saturated heterocycles. The number of benzene rings is 1. The summed E-state index contributed by atoms with van der Waals surface area (Å²) in [5, 5.41) is 3.33. The highest BCUT2D eigenvalue weighted by molar-refractivity contribution is 9.10. The van der Waals surface area contributed by atoms with Crippen LogP contribution in [-0.4, -0.2) is 52.0 Å². The first kappa shape index (κ1) is 19.5. The van der Waals surface area contributed by atoms with Crippen molar-refractivity contribution >= 4 is 28.3 Å². The summed E-state index contributed by atoms with van der Waals surface area (Å²) in [6.07, 6.45) is 0.480. The molecule has 0 amide bonds. The molecule has 1 aromatic carbocycles. The molecule has 1 heterocycles. The molecule has 1 atom stereocenters. The minimum absolute atomic E-state index is 0. The van der Waals surface area contributed by atoms with Crippen LogP contribution in [0.1, 0.15) is 18.0 Å². The van der Waals surface area contributed by atoms with Crippen molar-refractivity contribution in [1.82, 2.24) is 10.2 Å². The summed E-state index contributed by atoms with van der Waals surface area (Å²) in [5.74, 6) is 1.35. The Kier molecular flexibility index (Phi) is 8.46. The lowest BCUT2D eigenvalue weighted by atomic mass is 10.0. The number of piperazine rings is 1. The summed E-state index contributed by atoms with van der Waals surface area (Å²) in [4.78, 5) is 2.32. The fraction of sp³-hybridized carbons (Fsp3) is 0.600.